The molecule has 0 amide bonds. The molecule has 0 radical (unpaired) electrons. The maximum absolute atomic E-state index is 12.7. The summed E-state index contributed by atoms with van der Waals surface area (Å²) >= 11 is 0. The number of sulfonamides is 1. The summed E-state index contributed by atoms with van der Waals surface area (Å²) in [4.78, 5) is 17.4. The van der Waals surface area contributed by atoms with Crippen molar-refractivity contribution in [3.63, 3.8) is 0 Å². The predicted molar refractivity (Wildman–Crippen MR) is 103 cm³/mol. The Morgan fingerprint density at radius 3 is 2.52 bits per heavy atom. The summed E-state index contributed by atoms with van der Waals surface area (Å²) in [5.41, 5.74) is -0.303. The zero-order chi connectivity index (χ0) is 22.2. The van der Waals surface area contributed by atoms with Crippen molar-refractivity contribution in [2.24, 2.45) is 0 Å². The number of H-pyrrole nitrogens is 1. The van der Waals surface area contributed by atoms with Crippen molar-refractivity contribution in [1.82, 2.24) is 14.7 Å². The number of hydrogen-bond donors (Lipinski definition) is 2. The van der Waals surface area contributed by atoms with Crippen LogP contribution < -0.4 is 15.2 Å². The Kier molecular flexibility index (Phi) is 5.52. The Labute approximate surface area is 174 Å². The zero-order valence-electron chi connectivity index (χ0n) is 16.0. The molecule has 2 heterocycles. The van der Waals surface area contributed by atoms with Gasteiger partial charge in [-0.2, -0.15) is 13.2 Å². The van der Waals surface area contributed by atoms with Crippen LogP contribution in [-0.2, 0) is 16.2 Å². The second-order valence-electron chi connectivity index (χ2n) is 7.27. The van der Waals surface area contributed by atoms with Crippen LogP contribution in [0.5, 0.6) is 5.88 Å². The van der Waals surface area contributed by atoms with Crippen LogP contribution in [0.1, 0.15) is 31.2 Å². The van der Waals surface area contributed by atoms with E-state index in [1.165, 1.54) is 24.3 Å². The number of aromatic amines is 1. The number of nitrogens with zero attached hydrogens (tertiary/aromatic N) is 1. The van der Waals surface area contributed by atoms with Gasteiger partial charge in [0.05, 0.1) is 16.0 Å². The van der Waals surface area contributed by atoms with Crippen LogP contribution in [0.4, 0.5) is 13.2 Å². The number of halogens is 3. The van der Waals surface area contributed by atoms with Gasteiger partial charge in [0.1, 0.15) is 6.10 Å². The van der Waals surface area contributed by atoms with E-state index in [9.17, 15) is 26.4 Å². The van der Waals surface area contributed by atoms with Gasteiger partial charge >= 0.3 is 11.9 Å². The summed E-state index contributed by atoms with van der Waals surface area (Å²) in [6.07, 6.45) is -1.98. The number of pyridine rings is 1. The fourth-order valence-electron chi connectivity index (χ4n) is 3.47. The number of ether oxygens (including phenoxy) is 1. The molecule has 3 aromatic rings. The highest BCUT2D eigenvalue weighted by molar-refractivity contribution is 7.89. The molecule has 2 N–H and O–H groups in total. The minimum atomic E-state index is -4.46. The Balaban J connectivity index is 1.34. The topological polar surface area (TPSA) is 114 Å². The van der Waals surface area contributed by atoms with Crippen molar-refractivity contribution in [3.05, 3.63) is 52.6 Å². The van der Waals surface area contributed by atoms with Crippen LogP contribution in [0.25, 0.3) is 11.1 Å². The van der Waals surface area contributed by atoms with Crippen LogP contribution >= 0.6 is 0 Å². The van der Waals surface area contributed by atoms with Gasteiger partial charge in [-0.25, -0.2) is 22.9 Å². The Hall–Kier alpha value is -2.86. The van der Waals surface area contributed by atoms with Gasteiger partial charge in [-0.05, 0) is 49.9 Å². The number of fused-ring (bicyclic) bond motifs is 1. The Morgan fingerprint density at radius 2 is 1.87 bits per heavy atom. The monoisotopic (exact) mass is 457 g/mol. The number of benzene rings is 1. The first-order valence-corrected chi connectivity index (χ1v) is 10.9. The maximum Gasteiger partial charge on any atom is 0.417 e. The average Bonchev–Trinajstić information content (AvgIpc) is 3.08. The van der Waals surface area contributed by atoms with Gasteiger partial charge in [-0.15, -0.1) is 0 Å². The molecule has 0 aliphatic heterocycles. The molecular formula is C19H18F3N3O5S. The molecule has 0 unspecified atom stereocenters. The molecule has 0 atom stereocenters. The van der Waals surface area contributed by atoms with E-state index < -0.39 is 27.5 Å². The third kappa shape index (κ3) is 4.90. The second-order valence-corrected chi connectivity index (χ2v) is 8.98. The third-order valence-corrected chi connectivity index (χ3v) is 6.57. The average molecular weight is 457 g/mol. The van der Waals surface area contributed by atoms with Gasteiger partial charge in [-0.1, -0.05) is 0 Å². The van der Waals surface area contributed by atoms with Crippen LogP contribution in [0.2, 0.25) is 0 Å². The fourth-order valence-corrected chi connectivity index (χ4v) is 4.80. The van der Waals surface area contributed by atoms with Crippen molar-refractivity contribution < 1.29 is 30.7 Å². The number of nitrogens with one attached hydrogen (secondary N) is 2. The predicted octanol–water partition coefficient (Wildman–Crippen LogP) is 3.20. The van der Waals surface area contributed by atoms with Gasteiger partial charge in [-0.3, -0.25) is 4.98 Å². The smallest absolute Gasteiger partial charge is 0.417 e. The molecule has 1 fully saturated rings. The minimum absolute atomic E-state index is 0.00405. The molecule has 0 bridgehead atoms. The van der Waals surface area contributed by atoms with E-state index in [0.29, 0.717) is 25.7 Å². The summed E-state index contributed by atoms with van der Waals surface area (Å²) in [6.45, 7) is 0. The summed E-state index contributed by atoms with van der Waals surface area (Å²) in [5, 5.41) is 0. The van der Waals surface area contributed by atoms with E-state index in [0.717, 1.165) is 12.3 Å². The van der Waals surface area contributed by atoms with Gasteiger partial charge in [0.15, 0.2) is 5.58 Å². The van der Waals surface area contributed by atoms with Gasteiger partial charge in [0.2, 0.25) is 15.9 Å². The SMILES string of the molecule is O=c1[nH]c2cc(S(=O)(=O)NC3CCC(Oc4ccc(C(F)(F)F)cn4)CC3)ccc2o1. The quantitative estimate of drug-likeness (QED) is 0.608. The first-order valence-electron chi connectivity index (χ1n) is 9.45. The molecule has 31 heavy (non-hydrogen) atoms. The standard InChI is InChI=1S/C19H18F3N3O5S/c20-19(21,22)11-1-8-17(23-10-11)29-13-4-2-12(3-5-13)25-31(27,28)14-6-7-16-15(9-14)24-18(26)30-16/h1,6-10,12-13,25H,2-5H2,(H,24,26). The summed E-state index contributed by atoms with van der Waals surface area (Å²) in [5.74, 6) is -0.571. The van der Waals surface area contributed by atoms with E-state index in [1.807, 2.05) is 0 Å². The first kappa shape index (κ1) is 21.4. The second kappa shape index (κ2) is 8.00. The van der Waals surface area contributed by atoms with E-state index in [2.05, 4.69) is 14.7 Å². The van der Waals surface area contributed by atoms with Crippen molar-refractivity contribution in [2.75, 3.05) is 0 Å². The lowest BCUT2D eigenvalue weighted by atomic mass is 9.94. The molecular weight excluding hydrogens is 439 g/mol. The number of hydrogen-bond acceptors (Lipinski definition) is 6. The molecule has 1 aromatic carbocycles. The lowest BCUT2D eigenvalue weighted by molar-refractivity contribution is -0.137. The van der Waals surface area contributed by atoms with Crippen LogP contribution in [0.15, 0.2) is 50.6 Å². The molecule has 8 nitrogen and oxygen atoms in total. The molecule has 2 aromatic heterocycles. The summed E-state index contributed by atoms with van der Waals surface area (Å²) in [6, 6.07) is 5.86. The van der Waals surface area contributed by atoms with E-state index in [-0.39, 0.29) is 34.0 Å². The van der Waals surface area contributed by atoms with Crippen molar-refractivity contribution in [3.8, 4) is 5.88 Å². The molecule has 1 aliphatic rings. The van der Waals surface area contributed by atoms with E-state index in [1.54, 1.807) is 0 Å². The lowest BCUT2D eigenvalue weighted by Crippen LogP contribution is -2.39. The van der Waals surface area contributed by atoms with Crippen LogP contribution in [-0.4, -0.2) is 30.5 Å². The highest BCUT2D eigenvalue weighted by atomic mass is 32.2. The summed E-state index contributed by atoms with van der Waals surface area (Å²) < 4.78 is 76.3. The number of alkyl halides is 3. The van der Waals surface area contributed by atoms with Crippen molar-refractivity contribution in [1.29, 1.82) is 0 Å². The van der Waals surface area contributed by atoms with Gasteiger partial charge < -0.3 is 9.15 Å². The van der Waals surface area contributed by atoms with Crippen LogP contribution in [0, 0.1) is 0 Å². The normalized spacial score (nSPS) is 20.1. The zero-order valence-corrected chi connectivity index (χ0v) is 16.8. The maximum atomic E-state index is 12.7. The number of aromatic nitrogens is 2. The van der Waals surface area contributed by atoms with Crippen molar-refractivity contribution >= 4 is 21.1 Å². The number of rotatable bonds is 5. The summed E-state index contributed by atoms with van der Waals surface area (Å²) in [7, 11) is -3.81. The largest absolute Gasteiger partial charge is 0.474 e. The Bertz CT molecular complexity index is 1230. The minimum Gasteiger partial charge on any atom is -0.474 e. The van der Waals surface area contributed by atoms with Gasteiger partial charge in [0, 0.05) is 18.3 Å². The highest BCUT2D eigenvalue weighted by Crippen LogP contribution is 2.30. The molecule has 4 rings (SSSR count). The molecule has 0 saturated heterocycles. The van der Waals surface area contributed by atoms with Gasteiger partial charge in [0.25, 0.3) is 0 Å². The third-order valence-electron chi connectivity index (χ3n) is 5.05. The molecule has 166 valence electrons. The van der Waals surface area contributed by atoms with E-state index >= 15 is 0 Å². The first-order chi connectivity index (χ1) is 14.6. The highest BCUT2D eigenvalue weighted by Gasteiger charge is 2.31. The fraction of sp³-hybridized carbons (Fsp3) is 0.368. The van der Waals surface area contributed by atoms with Crippen LogP contribution in [0.3, 0.4) is 0 Å². The number of oxazole rings is 1. The lowest BCUT2D eigenvalue weighted by Gasteiger charge is -2.29. The Morgan fingerprint density at radius 1 is 1.13 bits per heavy atom. The molecule has 0 spiro atoms. The van der Waals surface area contributed by atoms with Crippen molar-refractivity contribution in [2.45, 2.75) is 48.9 Å². The molecule has 1 saturated carbocycles. The van der Waals surface area contributed by atoms with E-state index in [4.69, 9.17) is 9.15 Å². The molecule has 1 aliphatic carbocycles. The molecule has 12 heteroatoms.